The van der Waals surface area contributed by atoms with Crippen LogP contribution in [0.2, 0.25) is 0 Å². The summed E-state index contributed by atoms with van der Waals surface area (Å²) in [6.07, 6.45) is 5.50. The molecule has 0 radical (unpaired) electrons. The monoisotopic (exact) mass is 350 g/mol. The van der Waals surface area contributed by atoms with E-state index in [1.165, 1.54) is 24.6 Å². The van der Waals surface area contributed by atoms with E-state index in [4.69, 9.17) is 0 Å². The number of carbonyl (C=O) groups excluding carboxylic acids is 1. The molecule has 0 atom stereocenters. The highest BCUT2D eigenvalue weighted by atomic mass is 32.1. The number of hydrogen-bond acceptors (Lipinski definition) is 3. The van der Waals surface area contributed by atoms with Gasteiger partial charge in [-0.3, -0.25) is 4.79 Å². The molecule has 1 aromatic heterocycles. The van der Waals surface area contributed by atoms with Gasteiger partial charge in [0, 0.05) is 13.1 Å². The average molecular weight is 350 g/mol. The van der Waals surface area contributed by atoms with Gasteiger partial charge in [0.1, 0.15) is 21.5 Å². The third kappa shape index (κ3) is 3.20. The molecule has 128 valence electrons. The second-order valence-corrected chi connectivity index (χ2v) is 7.24. The molecule has 0 spiro atoms. The van der Waals surface area contributed by atoms with E-state index in [0.29, 0.717) is 10.6 Å². The topological polar surface area (TPSA) is 33.2 Å². The minimum atomic E-state index is -0.664. The van der Waals surface area contributed by atoms with Crippen molar-refractivity contribution in [2.75, 3.05) is 7.05 Å². The van der Waals surface area contributed by atoms with Crippen molar-refractivity contribution >= 4 is 17.2 Å². The maximum atomic E-state index is 14.0. The van der Waals surface area contributed by atoms with Gasteiger partial charge in [-0.15, -0.1) is 11.3 Å². The number of nitrogens with zero attached hydrogens (tertiary/aromatic N) is 2. The van der Waals surface area contributed by atoms with Crippen molar-refractivity contribution < 1.29 is 13.6 Å². The molecule has 0 aliphatic heterocycles. The van der Waals surface area contributed by atoms with Crippen LogP contribution in [0.1, 0.15) is 47.5 Å². The molecular formula is C18H20F2N2OS. The minimum absolute atomic E-state index is 0.111. The van der Waals surface area contributed by atoms with Gasteiger partial charge in [0.25, 0.3) is 5.91 Å². The number of hydrogen-bond donors (Lipinski definition) is 0. The third-order valence-electron chi connectivity index (χ3n) is 4.61. The second kappa shape index (κ2) is 6.97. The van der Waals surface area contributed by atoms with Gasteiger partial charge in [-0.25, -0.2) is 13.8 Å². The number of benzene rings is 1. The Balaban J connectivity index is 1.90. The smallest absolute Gasteiger partial charge is 0.265 e. The van der Waals surface area contributed by atoms with Crippen LogP contribution in [0.25, 0.3) is 10.6 Å². The Morgan fingerprint density at radius 3 is 2.46 bits per heavy atom. The molecule has 0 unspecified atom stereocenters. The van der Waals surface area contributed by atoms with E-state index in [9.17, 15) is 13.6 Å². The fourth-order valence-electron chi connectivity index (χ4n) is 3.20. The number of halogens is 2. The molecule has 1 heterocycles. The summed E-state index contributed by atoms with van der Waals surface area (Å²) in [5.41, 5.74) is 0.357. The highest BCUT2D eigenvalue weighted by Gasteiger charge is 2.27. The number of amides is 1. The van der Waals surface area contributed by atoms with Crippen LogP contribution in [0, 0.1) is 18.6 Å². The van der Waals surface area contributed by atoms with Gasteiger partial charge in [-0.05, 0) is 31.9 Å². The molecule has 1 aliphatic rings. The largest absolute Gasteiger partial charge is 0.338 e. The molecule has 6 heteroatoms. The fraction of sp³-hybridized carbons (Fsp3) is 0.444. The molecule has 0 saturated heterocycles. The Morgan fingerprint density at radius 1 is 1.21 bits per heavy atom. The van der Waals surface area contributed by atoms with E-state index in [-0.39, 0.29) is 22.5 Å². The lowest BCUT2D eigenvalue weighted by Gasteiger charge is -2.31. The normalized spacial score (nSPS) is 15.5. The van der Waals surface area contributed by atoms with Crippen molar-refractivity contribution in [1.82, 2.24) is 9.88 Å². The zero-order valence-electron chi connectivity index (χ0n) is 13.8. The fourth-order valence-corrected chi connectivity index (χ4v) is 4.30. The molecule has 1 saturated carbocycles. The van der Waals surface area contributed by atoms with Crippen molar-refractivity contribution in [3.05, 3.63) is 40.4 Å². The number of rotatable bonds is 3. The number of aryl methyl sites for hydroxylation is 1. The molecule has 1 amide bonds. The maximum absolute atomic E-state index is 14.0. The first-order chi connectivity index (χ1) is 11.5. The first-order valence-electron chi connectivity index (χ1n) is 8.18. The van der Waals surface area contributed by atoms with E-state index < -0.39 is 11.6 Å². The lowest BCUT2D eigenvalue weighted by molar-refractivity contribution is 0.0700. The Bertz CT molecular complexity index is 733. The summed E-state index contributed by atoms with van der Waals surface area (Å²) >= 11 is 1.06. The van der Waals surface area contributed by atoms with Crippen LogP contribution in [0.3, 0.4) is 0 Å². The van der Waals surface area contributed by atoms with Crippen molar-refractivity contribution in [2.45, 2.75) is 45.1 Å². The zero-order chi connectivity index (χ0) is 17.3. The zero-order valence-corrected chi connectivity index (χ0v) is 14.6. The Kier molecular flexibility index (Phi) is 4.94. The van der Waals surface area contributed by atoms with Gasteiger partial charge in [0.05, 0.1) is 11.3 Å². The van der Waals surface area contributed by atoms with Crippen molar-refractivity contribution in [2.24, 2.45) is 0 Å². The molecule has 3 rings (SSSR count). The van der Waals surface area contributed by atoms with Gasteiger partial charge < -0.3 is 4.90 Å². The van der Waals surface area contributed by atoms with Crippen LogP contribution in [-0.4, -0.2) is 28.9 Å². The predicted molar refractivity (Wildman–Crippen MR) is 91.2 cm³/mol. The van der Waals surface area contributed by atoms with E-state index in [2.05, 4.69) is 4.98 Å². The van der Waals surface area contributed by atoms with Gasteiger partial charge in [-0.1, -0.05) is 25.3 Å². The van der Waals surface area contributed by atoms with Gasteiger partial charge in [0.15, 0.2) is 0 Å². The van der Waals surface area contributed by atoms with Crippen LogP contribution in [0.5, 0.6) is 0 Å². The molecule has 1 aliphatic carbocycles. The molecule has 1 fully saturated rings. The van der Waals surface area contributed by atoms with E-state index in [0.717, 1.165) is 37.0 Å². The lowest BCUT2D eigenvalue weighted by atomic mass is 9.94. The molecule has 3 nitrogen and oxygen atoms in total. The van der Waals surface area contributed by atoms with E-state index in [1.807, 2.05) is 0 Å². The summed E-state index contributed by atoms with van der Waals surface area (Å²) in [6, 6.07) is 3.95. The highest BCUT2D eigenvalue weighted by Crippen LogP contribution is 2.33. The van der Waals surface area contributed by atoms with Crippen molar-refractivity contribution in [3.63, 3.8) is 0 Å². The Morgan fingerprint density at radius 2 is 1.83 bits per heavy atom. The van der Waals surface area contributed by atoms with Gasteiger partial charge in [0.2, 0.25) is 0 Å². The van der Waals surface area contributed by atoms with Crippen molar-refractivity contribution in [3.8, 4) is 10.6 Å². The van der Waals surface area contributed by atoms with Crippen LogP contribution >= 0.6 is 11.3 Å². The second-order valence-electron chi connectivity index (χ2n) is 6.24. The van der Waals surface area contributed by atoms with Crippen LogP contribution < -0.4 is 0 Å². The van der Waals surface area contributed by atoms with E-state index in [1.54, 1.807) is 18.9 Å². The van der Waals surface area contributed by atoms with Crippen LogP contribution in [0.4, 0.5) is 8.78 Å². The highest BCUT2D eigenvalue weighted by molar-refractivity contribution is 7.17. The number of aromatic nitrogens is 1. The van der Waals surface area contributed by atoms with Crippen LogP contribution in [-0.2, 0) is 0 Å². The van der Waals surface area contributed by atoms with Crippen LogP contribution in [0.15, 0.2) is 18.2 Å². The molecule has 0 N–H and O–H groups in total. The van der Waals surface area contributed by atoms with E-state index >= 15 is 0 Å². The third-order valence-corrected chi connectivity index (χ3v) is 5.77. The predicted octanol–water partition coefficient (Wildman–Crippen LogP) is 4.80. The SMILES string of the molecule is Cc1nc(-c2c(F)cccc2F)sc1C(=O)N(C)C1CCCCC1. The van der Waals surface area contributed by atoms with Gasteiger partial charge >= 0.3 is 0 Å². The maximum Gasteiger partial charge on any atom is 0.265 e. The van der Waals surface area contributed by atoms with Gasteiger partial charge in [-0.2, -0.15) is 0 Å². The molecular weight excluding hydrogens is 330 g/mol. The summed E-state index contributed by atoms with van der Waals surface area (Å²) < 4.78 is 27.9. The standard InChI is InChI=1S/C18H20F2N2OS/c1-11-16(18(23)22(2)12-7-4-3-5-8-12)24-17(21-11)15-13(19)9-6-10-14(15)20/h6,9-10,12H,3-5,7-8H2,1-2H3. The molecule has 1 aromatic carbocycles. The summed E-state index contributed by atoms with van der Waals surface area (Å²) in [5, 5.41) is 0.212. The molecule has 24 heavy (non-hydrogen) atoms. The quantitative estimate of drug-likeness (QED) is 0.796. The average Bonchev–Trinajstić information content (AvgIpc) is 2.95. The number of carbonyl (C=O) groups is 1. The summed E-state index contributed by atoms with van der Waals surface area (Å²) in [6.45, 7) is 1.71. The Labute approximate surface area is 144 Å². The Hall–Kier alpha value is -1.82. The number of thiazole rings is 1. The molecule has 0 bridgehead atoms. The van der Waals surface area contributed by atoms with Crippen molar-refractivity contribution in [1.29, 1.82) is 0 Å². The summed E-state index contributed by atoms with van der Waals surface area (Å²) in [7, 11) is 1.81. The summed E-state index contributed by atoms with van der Waals surface area (Å²) in [5.74, 6) is -1.44. The minimum Gasteiger partial charge on any atom is -0.338 e. The first-order valence-corrected chi connectivity index (χ1v) is 8.99. The lowest BCUT2D eigenvalue weighted by Crippen LogP contribution is -2.38. The molecule has 2 aromatic rings. The first kappa shape index (κ1) is 17.0. The summed E-state index contributed by atoms with van der Waals surface area (Å²) in [4.78, 5) is 19.3.